The van der Waals surface area contributed by atoms with Crippen LogP contribution in [0, 0.1) is 6.92 Å². The monoisotopic (exact) mass is 427 g/mol. The lowest BCUT2D eigenvalue weighted by Gasteiger charge is -2.44. The molecule has 1 spiro atoms. The van der Waals surface area contributed by atoms with E-state index in [0.29, 0.717) is 55.0 Å². The highest BCUT2D eigenvalue weighted by molar-refractivity contribution is 6.00. The first-order valence-electron chi connectivity index (χ1n) is 11.0. The SMILES string of the molecule is Cc1ccc2c(c1)C(=O)CC1(CCN(C(=O)c3cccc(Oc4ccccc4)c3)CC1)O2. The van der Waals surface area contributed by atoms with Crippen molar-refractivity contribution in [2.24, 2.45) is 0 Å². The molecule has 1 fully saturated rings. The van der Waals surface area contributed by atoms with Gasteiger partial charge in [-0.2, -0.15) is 0 Å². The molecule has 3 aromatic rings. The highest BCUT2D eigenvalue weighted by Gasteiger charge is 2.43. The van der Waals surface area contributed by atoms with E-state index in [1.54, 1.807) is 6.07 Å². The first-order valence-corrected chi connectivity index (χ1v) is 11.0. The van der Waals surface area contributed by atoms with Crippen molar-refractivity contribution in [2.75, 3.05) is 13.1 Å². The molecule has 2 heterocycles. The van der Waals surface area contributed by atoms with E-state index in [0.717, 1.165) is 11.3 Å². The fourth-order valence-electron chi connectivity index (χ4n) is 4.50. The van der Waals surface area contributed by atoms with Crippen LogP contribution in [0.3, 0.4) is 0 Å². The summed E-state index contributed by atoms with van der Waals surface area (Å²) in [5.41, 5.74) is 1.80. The van der Waals surface area contributed by atoms with Gasteiger partial charge in [0.05, 0.1) is 12.0 Å². The van der Waals surface area contributed by atoms with Gasteiger partial charge >= 0.3 is 0 Å². The standard InChI is InChI=1S/C27H25NO4/c1-19-10-11-25-23(16-19)24(29)18-27(32-25)12-14-28(15-13-27)26(30)20-6-5-9-22(17-20)31-21-7-3-2-4-8-21/h2-11,16-17H,12-15,18H2,1H3. The Morgan fingerprint density at radius 3 is 2.47 bits per heavy atom. The van der Waals surface area contributed by atoms with Gasteiger partial charge in [0.1, 0.15) is 22.8 Å². The number of fused-ring (bicyclic) bond motifs is 1. The van der Waals surface area contributed by atoms with Crippen LogP contribution < -0.4 is 9.47 Å². The highest BCUT2D eigenvalue weighted by atomic mass is 16.5. The van der Waals surface area contributed by atoms with Gasteiger partial charge in [0.25, 0.3) is 5.91 Å². The molecule has 2 aliphatic heterocycles. The molecule has 0 saturated carbocycles. The summed E-state index contributed by atoms with van der Waals surface area (Å²) in [6, 6.07) is 22.5. The normalized spacial score (nSPS) is 16.9. The van der Waals surface area contributed by atoms with E-state index in [4.69, 9.17) is 9.47 Å². The summed E-state index contributed by atoms with van der Waals surface area (Å²) < 4.78 is 12.2. The number of aryl methyl sites for hydroxylation is 1. The van der Waals surface area contributed by atoms with Crippen molar-refractivity contribution < 1.29 is 19.1 Å². The summed E-state index contributed by atoms with van der Waals surface area (Å²) in [6.45, 7) is 3.08. The number of ketones is 1. The van der Waals surface area contributed by atoms with Crippen LogP contribution >= 0.6 is 0 Å². The smallest absolute Gasteiger partial charge is 0.253 e. The molecule has 32 heavy (non-hydrogen) atoms. The predicted octanol–water partition coefficient (Wildman–Crippen LogP) is 5.43. The largest absolute Gasteiger partial charge is 0.486 e. The van der Waals surface area contributed by atoms with Gasteiger partial charge in [-0.25, -0.2) is 0 Å². The highest BCUT2D eigenvalue weighted by Crippen LogP contribution is 2.40. The zero-order chi connectivity index (χ0) is 22.1. The van der Waals surface area contributed by atoms with Gasteiger partial charge in [-0.1, -0.05) is 35.9 Å². The van der Waals surface area contributed by atoms with E-state index >= 15 is 0 Å². The Balaban J connectivity index is 1.27. The fourth-order valence-corrected chi connectivity index (χ4v) is 4.50. The number of hydrogen-bond acceptors (Lipinski definition) is 4. The maximum Gasteiger partial charge on any atom is 0.253 e. The molecule has 5 nitrogen and oxygen atoms in total. The van der Waals surface area contributed by atoms with Crippen LogP contribution in [0.5, 0.6) is 17.2 Å². The van der Waals surface area contributed by atoms with Crippen molar-refractivity contribution in [3.8, 4) is 17.2 Å². The molecular weight excluding hydrogens is 402 g/mol. The fraction of sp³-hybridized carbons (Fsp3) is 0.259. The predicted molar refractivity (Wildman–Crippen MR) is 122 cm³/mol. The first-order chi connectivity index (χ1) is 15.5. The van der Waals surface area contributed by atoms with E-state index in [1.165, 1.54) is 0 Å². The maximum atomic E-state index is 13.1. The minimum Gasteiger partial charge on any atom is -0.486 e. The molecule has 5 rings (SSSR count). The number of para-hydroxylation sites is 1. The third kappa shape index (κ3) is 3.98. The van der Waals surface area contributed by atoms with Gasteiger partial charge < -0.3 is 14.4 Å². The summed E-state index contributed by atoms with van der Waals surface area (Å²) >= 11 is 0. The molecule has 0 aromatic heterocycles. The second-order valence-electron chi connectivity index (χ2n) is 8.62. The molecule has 0 radical (unpaired) electrons. The number of hydrogen-bond donors (Lipinski definition) is 0. The van der Waals surface area contributed by atoms with Crippen molar-refractivity contribution in [1.82, 2.24) is 4.90 Å². The van der Waals surface area contributed by atoms with Crippen LogP contribution in [0.2, 0.25) is 0 Å². The Labute approximate surface area is 187 Å². The number of nitrogens with zero attached hydrogens (tertiary/aromatic N) is 1. The lowest BCUT2D eigenvalue weighted by atomic mass is 9.82. The van der Waals surface area contributed by atoms with Gasteiger partial charge in [0.2, 0.25) is 0 Å². The third-order valence-corrected chi connectivity index (χ3v) is 6.27. The van der Waals surface area contributed by atoms with E-state index in [2.05, 4.69) is 0 Å². The first kappa shape index (κ1) is 20.3. The van der Waals surface area contributed by atoms with E-state index in [-0.39, 0.29) is 11.7 Å². The minimum absolute atomic E-state index is 0.0310. The van der Waals surface area contributed by atoms with Gasteiger partial charge in [-0.3, -0.25) is 9.59 Å². The van der Waals surface area contributed by atoms with Crippen molar-refractivity contribution >= 4 is 11.7 Å². The Morgan fingerprint density at radius 2 is 1.69 bits per heavy atom. The number of piperidine rings is 1. The second-order valence-corrected chi connectivity index (χ2v) is 8.62. The van der Waals surface area contributed by atoms with Crippen molar-refractivity contribution in [3.63, 3.8) is 0 Å². The average Bonchev–Trinajstić information content (AvgIpc) is 2.81. The number of amides is 1. The quantitative estimate of drug-likeness (QED) is 0.559. The van der Waals surface area contributed by atoms with Gasteiger partial charge in [-0.05, 0) is 49.4 Å². The molecule has 1 amide bonds. The van der Waals surface area contributed by atoms with Crippen LogP contribution in [0.4, 0.5) is 0 Å². The van der Waals surface area contributed by atoms with Crippen LogP contribution in [0.15, 0.2) is 72.8 Å². The Hall–Kier alpha value is -3.60. The number of likely N-dealkylation sites (tertiary alicyclic amines) is 1. The molecule has 3 aromatic carbocycles. The molecule has 0 aliphatic carbocycles. The Kier molecular flexibility index (Phi) is 5.17. The van der Waals surface area contributed by atoms with Gasteiger partial charge in [0.15, 0.2) is 5.78 Å². The molecular formula is C27H25NO4. The summed E-state index contributed by atoms with van der Waals surface area (Å²) in [6.07, 6.45) is 1.64. The number of rotatable bonds is 3. The number of benzene rings is 3. The second kappa shape index (κ2) is 8.15. The summed E-state index contributed by atoms with van der Waals surface area (Å²) in [4.78, 5) is 27.7. The zero-order valence-electron chi connectivity index (χ0n) is 18.0. The molecule has 5 heteroatoms. The van der Waals surface area contributed by atoms with Gasteiger partial charge in [-0.15, -0.1) is 0 Å². The topological polar surface area (TPSA) is 55.8 Å². The Bertz CT molecular complexity index is 1160. The molecule has 2 aliphatic rings. The van der Waals surface area contributed by atoms with Crippen LogP contribution in [-0.4, -0.2) is 35.3 Å². The van der Waals surface area contributed by atoms with Crippen LogP contribution in [0.1, 0.15) is 45.5 Å². The molecule has 0 N–H and O–H groups in total. The number of ether oxygens (including phenoxy) is 2. The van der Waals surface area contributed by atoms with E-state index in [1.807, 2.05) is 78.6 Å². The maximum absolute atomic E-state index is 13.1. The zero-order valence-corrected chi connectivity index (χ0v) is 18.0. The van der Waals surface area contributed by atoms with Crippen LogP contribution in [-0.2, 0) is 0 Å². The number of carbonyl (C=O) groups excluding carboxylic acids is 2. The van der Waals surface area contributed by atoms with E-state index < -0.39 is 5.60 Å². The Morgan fingerprint density at radius 1 is 0.938 bits per heavy atom. The molecule has 162 valence electrons. The van der Waals surface area contributed by atoms with Crippen molar-refractivity contribution in [3.05, 3.63) is 89.5 Å². The van der Waals surface area contributed by atoms with E-state index in [9.17, 15) is 9.59 Å². The summed E-state index contributed by atoms with van der Waals surface area (Å²) in [7, 11) is 0. The lowest BCUT2D eigenvalue weighted by molar-refractivity contribution is -0.00573. The lowest BCUT2D eigenvalue weighted by Crippen LogP contribution is -2.52. The van der Waals surface area contributed by atoms with Crippen LogP contribution in [0.25, 0.3) is 0 Å². The van der Waals surface area contributed by atoms with Crippen molar-refractivity contribution in [1.29, 1.82) is 0 Å². The summed E-state index contributed by atoms with van der Waals surface area (Å²) in [5.74, 6) is 2.12. The van der Waals surface area contributed by atoms with Gasteiger partial charge in [0, 0.05) is 31.5 Å². The molecule has 0 unspecified atom stereocenters. The average molecular weight is 428 g/mol. The number of carbonyl (C=O) groups is 2. The molecule has 1 saturated heterocycles. The summed E-state index contributed by atoms with van der Waals surface area (Å²) in [5, 5.41) is 0. The molecule has 0 atom stereocenters. The molecule has 0 bridgehead atoms. The minimum atomic E-state index is -0.519. The number of Topliss-reactive ketones (excluding diaryl/α,β-unsaturated/α-hetero) is 1. The van der Waals surface area contributed by atoms with Crippen molar-refractivity contribution in [2.45, 2.75) is 31.8 Å². The third-order valence-electron chi connectivity index (χ3n) is 6.27.